The van der Waals surface area contributed by atoms with E-state index in [0.717, 1.165) is 0 Å². The van der Waals surface area contributed by atoms with Crippen molar-refractivity contribution >= 4 is 0 Å². The molecule has 1 heteroatoms. The number of terminal acetylenes is 1. The van der Waals surface area contributed by atoms with Crippen LogP contribution in [0.15, 0.2) is 24.3 Å². The summed E-state index contributed by atoms with van der Waals surface area (Å²) in [4.78, 5) is 0. The van der Waals surface area contributed by atoms with Crippen molar-refractivity contribution in [2.75, 3.05) is 0 Å². The van der Waals surface area contributed by atoms with Gasteiger partial charge in [-0.25, -0.2) is 0 Å². The van der Waals surface area contributed by atoms with Crippen molar-refractivity contribution in [3.8, 4) is 18.3 Å². The summed E-state index contributed by atoms with van der Waals surface area (Å²) in [6.07, 6.45) is 7.03. The highest BCUT2D eigenvalue weighted by atomic mass is 16.5. The predicted molar refractivity (Wildman–Crippen MR) is 42.8 cm³/mol. The van der Waals surface area contributed by atoms with Gasteiger partial charge in [-0.2, -0.15) is 0 Å². The fourth-order valence-electron chi connectivity index (χ4n) is 0.674. The molecule has 0 saturated carbocycles. The van der Waals surface area contributed by atoms with Crippen molar-refractivity contribution in [1.82, 2.24) is 0 Å². The molecule has 0 unspecified atom stereocenters. The van der Waals surface area contributed by atoms with Crippen LogP contribution < -0.4 is 4.74 Å². The molecule has 52 valence electrons. The number of hydrogen-bond donors (Lipinski definition) is 0. The lowest BCUT2D eigenvalue weighted by atomic mass is 10.2. The molecule has 0 aromatic heterocycles. The maximum atomic E-state index is 4.93. The Bertz CT molecular complexity index is 245. The van der Waals surface area contributed by atoms with E-state index in [4.69, 9.17) is 11.2 Å². The van der Waals surface area contributed by atoms with Gasteiger partial charge in [0, 0.05) is 1.43 Å². The van der Waals surface area contributed by atoms with Crippen molar-refractivity contribution in [3.63, 3.8) is 0 Å². The third kappa shape index (κ3) is 1.53. The van der Waals surface area contributed by atoms with E-state index in [2.05, 4.69) is 6.11 Å². The van der Waals surface area contributed by atoms with E-state index >= 15 is 0 Å². The summed E-state index contributed by atoms with van der Waals surface area (Å²) in [5.74, 6) is 0.716. The highest BCUT2D eigenvalue weighted by Crippen LogP contribution is 2.10. The monoisotopic (exact) mass is 134 g/mol. The van der Waals surface area contributed by atoms with Crippen LogP contribution >= 0.6 is 0 Å². The van der Waals surface area contributed by atoms with Gasteiger partial charge in [0.2, 0.25) is 0 Å². The van der Waals surface area contributed by atoms with Gasteiger partial charge >= 0.3 is 0 Å². The van der Waals surface area contributed by atoms with Gasteiger partial charge < -0.3 is 4.74 Å². The number of aryl methyl sites for hydroxylation is 1. The third-order valence-electron chi connectivity index (χ3n) is 1.20. The van der Waals surface area contributed by atoms with Gasteiger partial charge in [0.1, 0.15) is 11.9 Å². The Morgan fingerprint density at radius 3 is 2.50 bits per heavy atom. The van der Waals surface area contributed by atoms with E-state index in [1.54, 1.807) is 0 Å². The van der Waals surface area contributed by atoms with E-state index < -0.39 is 0 Å². The molecule has 0 N–H and O–H groups in total. The molecule has 10 heavy (non-hydrogen) atoms. The fraction of sp³-hybridized carbons (Fsp3) is 0.111. The fourth-order valence-corrected chi connectivity index (χ4v) is 0.674. The Balaban J connectivity index is 0.000001000. The van der Waals surface area contributed by atoms with Gasteiger partial charge in [-0.3, -0.25) is 0 Å². The first-order chi connectivity index (χ1) is 4.83. The van der Waals surface area contributed by atoms with Gasteiger partial charge in [-0.05, 0) is 19.1 Å². The molecule has 1 nitrogen and oxygen atoms in total. The summed E-state index contributed by atoms with van der Waals surface area (Å²) >= 11 is 0. The molecule has 0 fully saturated rings. The number of benzene rings is 1. The minimum absolute atomic E-state index is 0. The molecular formula is C9H10O. The summed E-state index contributed by atoms with van der Waals surface area (Å²) in [7, 11) is 0. The van der Waals surface area contributed by atoms with Gasteiger partial charge in [-0.15, -0.1) is 0 Å². The molecule has 0 aliphatic heterocycles. The summed E-state index contributed by atoms with van der Waals surface area (Å²) in [5.41, 5.74) is 1.20. The normalized spacial score (nSPS) is 8.40. The summed E-state index contributed by atoms with van der Waals surface area (Å²) < 4.78 is 4.79. The van der Waals surface area contributed by atoms with Crippen LogP contribution in [0.4, 0.5) is 0 Å². The van der Waals surface area contributed by atoms with Crippen LogP contribution in [0.25, 0.3) is 0 Å². The SMILES string of the molecule is C#COc1ccc(C)cc1.[HH]. The number of hydrogen-bond acceptors (Lipinski definition) is 1. The van der Waals surface area contributed by atoms with Crippen LogP contribution in [0.2, 0.25) is 0 Å². The van der Waals surface area contributed by atoms with Crippen LogP contribution in [0.5, 0.6) is 5.75 Å². The Kier molecular flexibility index (Phi) is 1.96. The van der Waals surface area contributed by atoms with E-state index in [1.165, 1.54) is 5.56 Å². The average molecular weight is 134 g/mol. The van der Waals surface area contributed by atoms with Gasteiger partial charge in [0.25, 0.3) is 0 Å². The standard InChI is InChI=1S/C9H8O.H2/c1-3-10-9-6-4-8(2)5-7-9;/h1,4-7H,2H3;1H. The van der Waals surface area contributed by atoms with Crippen LogP contribution in [0.3, 0.4) is 0 Å². The quantitative estimate of drug-likeness (QED) is 0.535. The summed E-state index contributed by atoms with van der Waals surface area (Å²) in [6.45, 7) is 2.01. The maximum Gasteiger partial charge on any atom is 0.140 e. The Hall–Kier alpha value is -1.42. The second-order valence-corrected chi connectivity index (χ2v) is 2.03. The third-order valence-corrected chi connectivity index (χ3v) is 1.20. The zero-order valence-corrected chi connectivity index (χ0v) is 5.79. The first-order valence-electron chi connectivity index (χ1n) is 3.02. The van der Waals surface area contributed by atoms with Crippen LogP contribution in [0, 0.1) is 19.5 Å². The van der Waals surface area contributed by atoms with E-state index in [0.29, 0.717) is 5.75 Å². The molecule has 0 spiro atoms. The van der Waals surface area contributed by atoms with E-state index in [1.807, 2.05) is 31.2 Å². The molecular weight excluding hydrogens is 124 g/mol. The highest BCUT2D eigenvalue weighted by Gasteiger charge is 1.87. The molecule has 0 bridgehead atoms. The molecule has 0 aliphatic rings. The van der Waals surface area contributed by atoms with Gasteiger partial charge in [0.05, 0.1) is 0 Å². The highest BCUT2D eigenvalue weighted by molar-refractivity contribution is 5.27. The van der Waals surface area contributed by atoms with Crippen LogP contribution in [-0.4, -0.2) is 0 Å². The Morgan fingerprint density at radius 1 is 1.40 bits per heavy atom. The average Bonchev–Trinajstić information content (AvgIpc) is 1.95. The molecule has 1 aromatic rings. The van der Waals surface area contributed by atoms with Crippen LogP contribution in [0.1, 0.15) is 6.99 Å². The largest absolute Gasteiger partial charge is 0.408 e. The molecule has 1 aromatic carbocycles. The lowest BCUT2D eigenvalue weighted by Crippen LogP contribution is -1.80. The topological polar surface area (TPSA) is 9.23 Å². The van der Waals surface area contributed by atoms with Gasteiger partial charge in [0.15, 0.2) is 0 Å². The number of ether oxygens (including phenoxy) is 1. The van der Waals surface area contributed by atoms with Crippen molar-refractivity contribution < 1.29 is 6.16 Å². The Morgan fingerprint density at radius 2 is 2.00 bits per heavy atom. The zero-order valence-electron chi connectivity index (χ0n) is 5.79. The lowest BCUT2D eigenvalue weighted by Gasteiger charge is -1.95. The van der Waals surface area contributed by atoms with Crippen molar-refractivity contribution in [2.24, 2.45) is 0 Å². The zero-order chi connectivity index (χ0) is 7.40. The smallest absolute Gasteiger partial charge is 0.140 e. The maximum absolute atomic E-state index is 4.93. The Labute approximate surface area is 62.1 Å². The van der Waals surface area contributed by atoms with Crippen molar-refractivity contribution in [2.45, 2.75) is 6.92 Å². The second kappa shape index (κ2) is 2.93. The van der Waals surface area contributed by atoms with Crippen LogP contribution in [-0.2, 0) is 0 Å². The molecule has 0 aliphatic carbocycles. The summed E-state index contributed by atoms with van der Waals surface area (Å²) in [6, 6.07) is 7.59. The minimum Gasteiger partial charge on any atom is -0.408 e. The first-order valence-corrected chi connectivity index (χ1v) is 3.02. The summed E-state index contributed by atoms with van der Waals surface area (Å²) in [5, 5.41) is 0. The van der Waals surface area contributed by atoms with Crippen molar-refractivity contribution in [1.29, 1.82) is 0 Å². The molecule has 0 amide bonds. The minimum atomic E-state index is 0. The second-order valence-electron chi connectivity index (χ2n) is 2.03. The molecule has 0 atom stereocenters. The molecule has 0 radical (unpaired) electrons. The first kappa shape index (κ1) is 6.70. The lowest BCUT2D eigenvalue weighted by molar-refractivity contribution is 0.520. The number of rotatable bonds is 1. The van der Waals surface area contributed by atoms with Gasteiger partial charge in [-0.1, -0.05) is 24.1 Å². The molecule has 1 rings (SSSR count). The van der Waals surface area contributed by atoms with Crippen molar-refractivity contribution in [3.05, 3.63) is 29.8 Å². The molecule has 0 saturated heterocycles. The van der Waals surface area contributed by atoms with E-state index in [9.17, 15) is 0 Å². The van der Waals surface area contributed by atoms with E-state index in [-0.39, 0.29) is 1.43 Å². The molecule has 0 heterocycles. The predicted octanol–water partition coefficient (Wildman–Crippen LogP) is 2.21.